The Kier molecular flexibility index (Phi) is 5.15. The quantitative estimate of drug-likeness (QED) is 0.808. The third-order valence-electron chi connectivity index (χ3n) is 2.25. The lowest BCUT2D eigenvalue weighted by Crippen LogP contribution is -2.39. The van der Waals surface area contributed by atoms with E-state index in [1.54, 1.807) is 38.1 Å². The number of carbonyl (C=O) groups excluding carboxylic acids is 1. The fourth-order valence-electron chi connectivity index (χ4n) is 1.30. The molecule has 5 nitrogen and oxygen atoms in total. The third-order valence-corrected chi connectivity index (χ3v) is 2.25. The van der Waals surface area contributed by atoms with Crippen LogP contribution in [0, 0.1) is 11.3 Å². The fourth-order valence-corrected chi connectivity index (χ4v) is 1.30. The van der Waals surface area contributed by atoms with Crippen molar-refractivity contribution >= 4 is 5.91 Å². The predicted octanol–water partition coefficient (Wildman–Crippen LogP) is 0.823. The van der Waals surface area contributed by atoms with Crippen molar-refractivity contribution in [3.63, 3.8) is 0 Å². The molecule has 0 radical (unpaired) electrons. The number of para-hydroxylation sites is 1. The lowest BCUT2D eigenvalue weighted by atomic mass is 10.2. The van der Waals surface area contributed by atoms with Gasteiger partial charge in [-0.2, -0.15) is 5.26 Å². The molecule has 1 amide bonds. The Bertz CT molecular complexity index is 452. The first kappa shape index (κ1) is 14.0. The van der Waals surface area contributed by atoms with Crippen LogP contribution < -0.4 is 10.1 Å². The first-order valence-electron chi connectivity index (χ1n) is 5.66. The molecule has 1 aromatic carbocycles. The summed E-state index contributed by atoms with van der Waals surface area (Å²) in [5.41, 5.74) is 0.382. The van der Waals surface area contributed by atoms with Gasteiger partial charge in [0.05, 0.1) is 11.7 Å². The summed E-state index contributed by atoms with van der Waals surface area (Å²) >= 11 is 0. The molecule has 1 rings (SSSR count). The number of nitrogens with zero attached hydrogens (tertiary/aromatic N) is 1. The zero-order valence-electron chi connectivity index (χ0n) is 10.4. The number of carbonyl (C=O) groups is 1. The summed E-state index contributed by atoms with van der Waals surface area (Å²) in [7, 11) is 0. The number of rotatable bonds is 5. The third kappa shape index (κ3) is 4.07. The van der Waals surface area contributed by atoms with Gasteiger partial charge in [0.25, 0.3) is 5.91 Å². The standard InChI is InChI=1S/C13H16N2O3/c1-9(16)8-15-13(17)10(2)18-12-6-4-3-5-11(12)7-14/h3-6,9-10,16H,8H2,1-2H3,(H,15,17)/t9-,10?/m0/s1. The van der Waals surface area contributed by atoms with Crippen molar-refractivity contribution in [2.45, 2.75) is 26.1 Å². The number of aliphatic hydroxyl groups excluding tert-OH is 1. The monoisotopic (exact) mass is 248 g/mol. The van der Waals surface area contributed by atoms with E-state index in [-0.39, 0.29) is 12.5 Å². The van der Waals surface area contributed by atoms with Crippen molar-refractivity contribution in [2.24, 2.45) is 0 Å². The minimum absolute atomic E-state index is 0.173. The van der Waals surface area contributed by atoms with Crippen molar-refractivity contribution < 1.29 is 14.6 Å². The first-order valence-corrected chi connectivity index (χ1v) is 5.66. The highest BCUT2D eigenvalue weighted by molar-refractivity contribution is 5.80. The second-order valence-corrected chi connectivity index (χ2v) is 3.96. The summed E-state index contributed by atoms with van der Waals surface area (Å²) in [5.74, 6) is 0.0448. The largest absolute Gasteiger partial charge is 0.480 e. The molecule has 0 fully saturated rings. The van der Waals surface area contributed by atoms with E-state index in [0.29, 0.717) is 11.3 Å². The van der Waals surface area contributed by atoms with E-state index in [4.69, 9.17) is 15.1 Å². The maximum absolute atomic E-state index is 11.6. The molecule has 0 spiro atoms. The average Bonchev–Trinajstić information content (AvgIpc) is 2.36. The van der Waals surface area contributed by atoms with Gasteiger partial charge in [-0.05, 0) is 26.0 Å². The minimum atomic E-state index is -0.724. The molecule has 0 bridgehead atoms. The summed E-state index contributed by atoms with van der Waals surface area (Å²) in [6.45, 7) is 3.34. The van der Waals surface area contributed by atoms with Crippen LogP contribution in [0.2, 0.25) is 0 Å². The maximum atomic E-state index is 11.6. The summed E-state index contributed by atoms with van der Waals surface area (Å²) in [6, 6.07) is 8.71. The van der Waals surface area contributed by atoms with Gasteiger partial charge in [-0.3, -0.25) is 4.79 Å². The lowest BCUT2D eigenvalue weighted by molar-refractivity contribution is -0.127. The number of nitrogens with one attached hydrogen (secondary N) is 1. The fraction of sp³-hybridized carbons (Fsp3) is 0.385. The van der Waals surface area contributed by atoms with E-state index < -0.39 is 12.2 Å². The molecule has 0 aliphatic carbocycles. The van der Waals surface area contributed by atoms with Crippen LogP contribution in [0.15, 0.2) is 24.3 Å². The number of hydrogen-bond acceptors (Lipinski definition) is 4. The van der Waals surface area contributed by atoms with E-state index in [1.807, 2.05) is 6.07 Å². The number of nitriles is 1. The van der Waals surface area contributed by atoms with Gasteiger partial charge in [0, 0.05) is 6.54 Å². The Morgan fingerprint density at radius 1 is 1.50 bits per heavy atom. The van der Waals surface area contributed by atoms with E-state index in [9.17, 15) is 4.79 Å². The van der Waals surface area contributed by atoms with Gasteiger partial charge in [-0.15, -0.1) is 0 Å². The number of benzene rings is 1. The van der Waals surface area contributed by atoms with Crippen LogP contribution >= 0.6 is 0 Å². The van der Waals surface area contributed by atoms with Gasteiger partial charge in [0.1, 0.15) is 11.8 Å². The highest BCUT2D eigenvalue weighted by Gasteiger charge is 2.16. The SMILES string of the molecule is CC(Oc1ccccc1C#N)C(=O)NC[C@H](C)O. The second-order valence-electron chi connectivity index (χ2n) is 3.96. The van der Waals surface area contributed by atoms with Crippen molar-refractivity contribution in [2.75, 3.05) is 6.54 Å². The smallest absolute Gasteiger partial charge is 0.260 e. The van der Waals surface area contributed by atoms with Gasteiger partial charge in [0.15, 0.2) is 6.10 Å². The zero-order valence-corrected chi connectivity index (χ0v) is 10.4. The van der Waals surface area contributed by atoms with Crippen LogP contribution in [0.25, 0.3) is 0 Å². The number of amides is 1. The number of aliphatic hydroxyl groups is 1. The van der Waals surface area contributed by atoms with Crippen molar-refractivity contribution in [3.05, 3.63) is 29.8 Å². The summed E-state index contributed by atoms with van der Waals surface area (Å²) in [6.07, 6.45) is -1.33. The Hall–Kier alpha value is -2.06. The molecular weight excluding hydrogens is 232 g/mol. The number of hydrogen-bond donors (Lipinski definition) is 2. The Labute approximate surface area is 106 Å². The van der Waals surface area contributed by atoms with Gasteiger partial charge in [-0.25, -0.2) is 0 Å². The van der Waals surface area contributed by atoms with E-state index in [0.717, 1.165) is 0 Å². The highest BCUT2D eigenvalue weighted by atomic mass is 16.5. The van der Waals surface area contributed by atoms with Crippen LogP contribution in [-0.4, -0.2) is 29.8 Å². The van der Waals surface area contributed by atoms with Gasteiger partial charge in [0.2, 0.25) is 0 Å². The summed E-state index contributed by atoms with van der Waals surface area (Å²) in [5, 5.41) is 20.5. The molecule has 18 heavy (non-hydrogen) atoms. The molecule has 0 aromatic heterocycles. The van der Waals surface area contributed by atoms with Gasteiger partial charge < -0.3 is 15.2 Å². The zero-order chi connectivity index (χ0) is 13.5. The second kappa shape index (κ2) is 6.62. The molecule has 5 heteroatoms. The van der Waals surface area contributed by atoms with Crippen LogP contribution in [0.5, 0.6) is 5.75 Å². The normalized spacial score (nSPS) is 13.2. The minimum Gasteiger partial charge on any atom is -0.480 e. The van der Waals surface area contributed by atoms with Crippen LogP contribution in [0.3, 0.4) is 0 Å². The van der Waals surface area contributed by atoms with Gasteiger partial charge >= 0.3 is 0 Å². The molecular formula is C13H16N2O3. The topological polar surface area (TPSA) is 82.3 Å². The predicted molar refractivity (Wildman–Crippen MR) is 65.9 cm³/mol. The Morgan fingerprint density at radius 3 is 2.78 bits per heavy atom. The summed E-state index contributed by atoms with van der Waals surface area (Å²) in [4.78, 5) is 11.6. The van der Waals surface area contributed by atoms with Crippen LogP contribution in [0.1, 0.15) is 19.4 Å². The molecule has 1 aromatic rings. The summed E-state index contributed by atoms with van der Waals surface area (Å²) < 4.78 is 5.41. The van der Waals surface area contributed by atoms with Crippen molar-refractivity contribution in [3.8, 4) is 11.8 Å². The Morgan fingerprint density at radius 2 is 2.17 bits per heavy atom. The van der Waals surface area contributed by atoms with Crippen LogP contribution in [-0.2, 0) is 4.79 Å². The van der Waals surface area contributed by atoms with Crippen molar-refractivity contribution in [1.82, 2.24) is 5.32 Å². The maximum Gasteiger partial charge on any atom is 0.260 e. The van der Waals surface area contributed by atoms with E-state index in [1.165, 1.54) is 0 Å². The molecule has 2 N–H and O–H groups in total. The van der Waals surface area contributed by atoms with E-state index in [2.05, 4.69) is 5.32 Å². The molecule has 1 unspecified atom stereocenters. The molecule has 0 saturated carbocycles. The first-order chi connectivity index (χ1) is 8.54. The van der Waals surface area contributed by atoms with E-state index >= 15 is 0 Å². The molecule has 0 aliphatic heterocycles. The number of ether oxygens (including phenoxy) is 1. The molecule has 96 valence electrons. The lowest BCUT2D eigenvalue weighted by Gasteiger charge is -2.16. The molecule has 0 heterocycles. The highest BCUT2D eigenvalue weighted by Crippen LogP contribution is 2.17. The van der Waals surface area contributed by atoms with Gasteiger partial charge in [-0.1, -0.05) is 12.1 Å². The molecule has 2 atom stereocenters. The average molecular weight is 248 g/mol. The Balaban J connectivity index is 2.61. The van der Waals surface area contributed by atoms with Crippen molar-refractivity contribution in [1.29, 1.82) is 5.26 Å². The van der Waals surface area contributed by atoms with Crippen LogP contribution in [0.4, 0.5) is 0 Å². The molecule has 0 saturated heterocycles. The molecule has 0 aliphatic rings.